The van der Waals surface area contributed by atoms with Crippen molar-refractivity contribution in [2.75, 3.05) is 7.05 Å². The molecule has 0 N–H and O–H groups in total. The molecule has 0 radical (unpaired) electrons. The van der Waals surface area contributed by atoms with E-state index >= 15 is 0 Å². The van der Waals surface area contributed by atoms with E-state index in [4.69, 9.17) is 4.42 Å². The van der Waals surface area contributed by atoms with E-state index in [0.717, 1.165) is 16.4 Å². The quantitative estimate of drug-likeness (QED) is 0.458. The molecule has 2 aromatic rings. The number of thioether (sulfide) groups is 1. The van der Waals surface area contributed by atoms with Crippen molar-refractivity contribution in [1.82, 2.24) is 4.90 Å². The van der Waals surface area contributed by atoms with Crippen LogP contribution in [0.3, 0.4) is 0 Å². The molecule has 1 unspecified atom stereocenters. The van der Waals surface area contributed by atoms with Crippen molar-refractivity contribution in [3.63, 3.8) is 0 Å². The van der Waals surface area contributed by atoms with Crippen LogP contribution in [0, 0.1) is 17.0 Å². The minimum absolute atomic E-state index is 0.0256. The standard InChI is InChI=1S/C16H18N2O4S/c1-11-4-7-14(22-11)10-17(3)16(19)12(2)23-15-8-5-13(6-9-15)18(20)21/h4-9,12H,10H2,1-3H3. The summed E-state index contributed by atoms with van der Waals surface area (Å²) in [6.45, 7) is 4.09. The predicted molar refractivity (Wildman–Crippen MR) is 88.3 cm³/mol. The first kappa shape index (κ1) is 17.1. The maximum absolute atomic E-state index is 12.4. The van der Waals surface area contributed by atoms with Gasteiger partial charge in [-0.1, -0.05) is 0 Å². The molecule has 0 aliphatic rings. The van der Waals surface area contributed by atoms with Crippen molar-refractivity contribution in [3.05, 3.63) is 58.0 Å². The second-order valence-electron chi connectivity index (χ2n) is 5.22. The maximum atomic E-state index is 12.4. The molecule has 0 spiro atoms. The zero-order valence-corrected chi connectivity index (χ0v) is 14.0. The molecular weight excluding hydrogens is 316 g/mol. The second kappa shape index (κ2) is 7.32. The van der Waals surface area contributed by atoms with Gasteiger partial charge in [-0.2, -0.15) is 0 Å². The third kappa shape index (κ3) is 4.59. The molecule has 23 heavy (non-hydrogen) atoms. The first-order chi connectivity index (χ1) is 10.9. The summed E-state index contributed by atoms with van der Waals surface area (Å²) < 4.78 is 5.47. The molecule has 0 fully saturated rings. The first-order valence-corrected chi connectivity index (χ1v) is 7.96. The van der Waals surface area contributed by atoms with Gasteiger partial charge in [0.25, 0.3) is 5.69 Å². The number of nitro benzene ring substituents is 1. The average molecular weight is 334 g/mol. The van der Waals surface area contributed by atoms with E-state index in [1.807, 2.05) is 26.0 Å². The lowest BCUT2D eigenvalue weighted by Crippen LogP contribution is -2.32. The van der Waals surface area contributed by atoms with Crippen molar-refractivity contribution in [1.29, 1.82) is 0 Å². The summed E-state index contributed by atoms with van der Waals surface area (Å²) in [5.41, 5.74) is 0.0404. The molecule has 0 saturated heterocycles. The maximum Gasteiger partial charge on any atom is 0.269 e. The van der Waals surface area contributed by atoms with E-state index in [0.29, 0.717) is 6.54 Å². The highest BCUT2D eigenvalue weighted by Crippen LogP contribution is 2.26. The lowest BCUT2D eigenvalue weighted by molar-refractivity contribution is -0.384. The molecule has 1 aromatic carbocycles. The van der Waals surface area contributed by atoms with Gasteiger partial charge in [0, 0.05) is 24.1 Å². The molecule has 0 saturated carbocycles. The van der Waals surface area contributed by atoms with Crippen LogP contribution in [0.5, 0.6) is 0 Å². The highest BCUT2D eigenvalue weighted by Gasteiger charge is 2.20. The summed E-state index contributed by atoms with van der Waals surface area (Å²) in [6, 6.07) is 9.91. The van der Waals surface area contributed by atoms with Crippen LogP contribution in [0.1, 0.15) is 18.4 Å². The number of hydrogen-bond donors (Lipinski definition) is 0. The molecule has 1 aromatic heterocycles. The van der Waals surface area contributed by atoms with Crippen molar-refractivity contribution in [3.8, 4) is 0 Å². The minimum atomic E-state index is -0.442. The number of nitro groups is 1. The van der Waals surface area contributed by atoms with Crippen LogP contribution in [-0.2, 0) is 11.3 Å². The molecule has 0 aliphatic heterocycles. The predicted octanol–water partition coefficient (Wildman–Crippen LogP) is 3.64. The molecular formula is C16H18N2O4S. The van der Waals surface area contributed by atoms with Gasteiger partial charge in [-0.05, 0) is 38.1 Å². The van der Waals surface area contributed by atoms with Crippen LogP contribution in [-0.4, -0.2) is 28.0 Å². The Hall–Kier alpha value is -2.28. The van der Waals surface area contributed by atoms with Crippen LogP contribution in [0.15, 0.2) is 45.7 Å². The van der Waals surface area contributed by atoms with Gasteiger partial charge in [0.1, 0.15) is 11.5 Å². The Kier molecular flexibility index (Phi) is 5.44. The zero-order chi connectivity index (χ0) is 17.0. The van der Waals surface area contributed by atoms with E-state index in [9.17, 15) is 14.9 Å². The molecule has 1 heterocycles. The third-order valence-corrected chi connectivity index (χ3v) is 4.37. The third-order valence-electron chi connectivity index (χ3n) is 3.27. The average Bonchev–Trinajstić information content (AvgIpc) is 2.92. The summed E-state index contributed by atoms with van der Waals surface area (Å²) in [7, 11) is 1.73. The molecule has 7 heteroatoms. The number of furan rings is 1. The van der Waals surface area contributed by atoms with Crippen LogP contribution in [0.4, 0.5) is 5.69 Å². The number of aryl methyl sites for hydroxylation is 1. The van der Waals surface area contributed by atoms with Gasteiger partial charge in [0.2, 0.25) is 5.91 Å². The topological polar surface area (TPSA) is 76.6 Å². The summed E-state index contributed by atoms with van der Waals surface area (Å²) in [5, 5.41) is 10.3. The van der Waals surface area contributed by atoms with Crippen molar-refractivity contribution in [2.24, 2.45) is 0 Å². The van der Waals surface area contributed by atoms with E-state index in [1.165, 1.54) is 23.9 Å². The highest BCUT2D eigenvalue weighted by atomic mass is 32.2. The Morgan fingerprint density at radius 2 is 1.96 bits per heavy atom. The van der Waals surface area contributed by atoms with E-state index in [-0.39, 0.29) is 16.8 Å². The lowest BCUT2D eigenvalue weighted by atomic mass is 10.3. The number of amides is 1. The van der Waals surface area contributed by atoms with Gasteiger partial charge in [0.15, 0.2) is 0 Å². The fraction of sp³-hybridized carbons (Fsp3) is 0.312. The second-order valence-corrected chi connectivity index (χ2v) is 6.63. The van der Waals surface area contributed by atoms with E-state index < -0.39 is 4.92 Å². The Balaban J connectivity index is 1.94. The summed E-state index contributed by atoms with van der Waals surface area (Å²) in [4.78, 5) is 25.0. The van der Waals surface area contributed by atoms with Crippen LogP contribution < -0.4 is 0 Å². The van der Waals surface area contributed by atoms with Crippen molar-refractivity contribution >= 4 is 23.4 Å². The van der Waals surface area contributed by atoms with Gasteiger partial charge in [0.05, 0.1) is 16.7 Å². The van der Waals surface area contributed by atoms with Crippen molar-refractivity contribution < 1.29 is 14.1 Å². The Morgan fingerprint density at radius 3 is 2.48 bits per heavy atom. The normalized spacial score (nSPS) is 12.0. The van der Waals surface area contributed by atoms with Crippen molar-refractivity contribution in [2.45, 2.75) is 30.5 Å². The SMILES string of the molecule is Cc1ccc(CN(C)C(=O)C(C)Sc2ccc([N+](=O)[O-])cc2)o1. The first-order valence-electron chi connectivity index (χ1n) is 7.08. The smallest absolute Gasteiger partial charge is 0.269 e. The fourth-order valence-corrected chi connectivity index (χ4v) is 3.08. The molecule has 0 bridgehead atoms. The fourth-order valence-electron chi connectivity index (χ4n) is 2.09. The Bertz CT molecular complexity index is 696. The number of benzene rings is 1. The Labute approximate surface area is 138 Å². The van der Waals surface area contributed by atoms with Gasteiger partial charge < -0.3 is 9.32 Å². The monoisotopic (exact) mass is 334 g/mol. The van der Waals surface area contributed by atoms with E-state index in [1.54, 1.807) is 24.1 Å². The zero-order valence-electron chi connectivity index (χ0n) is 13.2. The highest BCUT2D eigenvalue weighted by molar-refractivity contribution is 8.00. The summed E-state index contributed by atoms with van der Waals surface area (Å²) >= 11 is 1.37. The van der Waals surface area contributed by atoms with Gasteiger partial charge in [-0.15, -0.1) is 11.8 Å². The minimum Gasteiger partial charge on any atom is -0.464 e. The van der Waals surface area contributed by atoms with Gasteiger partial charge in [-0.3, -0.25) is 14.9 Å². The van der Waals surface area contributed by atoms with E-state index in [2.05, 4.69) is 0 Å². The molecule has 122 valence electrons. The largest absolute Gasteiger partial charge is 0.464 e. The lowest BCUT2D eigenvalue weighted by Gasteiger charge is -2.20. The van der Waals surface area contributed by atoms with Crippen LogP contribution >= 0.6 is 11.8 Å². The number of carbonyl (C=O) groups is 1. The Morgan fingerprint density at radius 1 is 1.30 bits per heavy atom. The van der Waals surface area contributed by atoms with Gasteiger partial charge in [-0.25, -0.2) is 0 Å². The molecule has 0 aliphatic carbocycles. The van der Waals surface area contributed by atoms with Crippen LogP contribution in [0.2, 0.25) is 0 Å². The van der Waals surface area contributed by atoms with Gasteiger partial charge >= 0.3 is 0 Å². The molecule has 1 amide bonds. The molecule has 1 atom stereocenters. The van der Waals surface area contributed by atoms with Crippen LogP contribution in [0.25, 0.3) is 0 Å². The summed E-state index contributed by atoms with van der Waals surface area (Å²) in [6.07, 6.45) is 0. The summed E-state index contributed by atoms with van der Waals surface area (Å²) in [5.74, 6) is 1.53. The number of nitrogens with zero attached hydrogens (tertiary/aromatic N) is 2. The number of non-ortho nitro benzene ring substituents is 1. The molecule has 2 rings (SSSR count). The molecule has 6 nitrogen and oxygen atoms in total. The number of hydrogen-bond acceptors (Lipinski definition) is 5. The number of carbonyl (C=O) groups excluding carboxylic acids is 1. The number of rotatable bonds is 6.